The van der Waals surface area contributed by atoms with Gasteiger partial charge < -0.3 is 10.3 Å². The lowest BCUT2D eigenvalue weighted by atomic mass is 9.80. The summed E-state index contributed by atoms with van der Waals surface area (Å²) in [7, 11) is 0. The van der Waals surface area contributed by atoms with Crippen LogP contribution in [0.25, 0.3) is 28.0 Å². The number of rotatable bonds is 5. The number of anilines is 1. The fourth-order valence-electron chi connectivity index (χ4n) is 5.53. The lowest BCUT2D eigenvalue weighted by molar-refractivity contribution is -0.384. The molecule has 0 aliphatic carbocycles. The number of hydrogen-bond donors (Lipinski definition) is 2. The summed E-state index contributed by atoms with van der Waals surface area (Å²) < 4.78 is 1.93. The molecule has 8 heteroatoms. The zero-order valence-electron chi connectivity index (χ0n) is 21.6. The maximum atomic E-state index is 11.5. The molecule has 194 valence electrons. The molecule has 1 aliphatic rings. The smallest absolute Gasteiger partial charge is 0.269 e. The van der Waals surface area contributed by atoms with Crippen molar-refractivity contribution < 1.29 is 4.92 Å². The number of nitro benzene ring substituents is 1. The summed E-state index contributed by atoms with van der Waals surface area (Å²) in [4.78, 5) is 19.7. The summed E-state index contributed by atoms with van der Waals surface area (Å²) in [5.74, 6) is 1.28. The molecule has 0 amide bonds. The van der Waals surface area contributed by atoms with Gasteiger partial charge >= 0.3 is 0 Å². The number of fused-ring (bicyclic) bond motifs is 2. The molecule has 2 aromatic heterocycles. The number of H-pyrrole nitrogens is 1. The number of hydrogen-bond acceptors (Lipinski definition) is 5. The highest BCUT2D eigenvalue weighted by Crippen LogP contribution is 2.50. The lowest BCUT2D eigenvalue weighted by Gasteiger charge is -2.30. The molecular formula is C32H24N6O2. The van der Waals surface area contributed by atoms with Gasteiger partial charge in [-0.15, -0.1) is 0 Å². The molecule has 2 N–H and O–H groups in total. The van der Waals surface area contributed by atoms with Gasteiger partial charge in [0.05, 0.1) is 33.0 Å². The first-order valence-electron chi connectivity index (χ1n) is 13.0. The first-order chi connectivity index (χ1) is 19.6. The first-order valence-corrected chi connectivity index (χ1v) is 13.0. The molecule has 8 nitrogen and oxygen atoms in total. The molecule has 6 aromatic rings. The number of aryl methyl sites for hydroxylation is 1. The fraction of sp³-hybridized carbons (Fsp3) is 0.0625. The van der Waals surface area contributed by atoms with E-state index in [0.717, 1.165) is 62.0 Å². The second kappa shape index (κ2) is 9.36. The van der Waals surface area contributed by atoms with E-state index in [9.17, 15) is 10.1 Å². The van der Waals surface area contributed by atoms with Crippen molar-refractivity contribution in [2.45, 2.75) is 12.8 Å². The van der Waals surface area contributed by atoms with E-state index in [0.29, 0.717) is 0 Å². The molecule has 7 rings (SSSR count). The number of nitro groups is 1. The fourth-order valence-corrected chi connectivity index (χ4v) is 5.53. The Morgan fingerprint density at radius 2 is 1.52 bits per heavy atom. The second-order valence-corrected chi connectivity index (χ2v) is 9.76. The maximum absolute atomic E-state index is 11.5. The van der Waals surface area contributed by atoms with E-state index >= 15 is 0 Å². The summed E-state index contributed by atoms with van der Waals surface area (Å²) in [5, 5.41) is 20.2. The third-order valence-corrected chi connectivity index (χ3v) is 7.34. The van der Waals surface area contributed by atoms with Crippen molar-refractivity contribution in [3.8, 4) is 5.69 Å². The van der Waals surface area contributed by atoms with Crippen LogP contribution in [-0.4, -0.2) is 24.7 Å². The van der Waals surface area contributed by atoms with Gasteiger partial charge in [0.2, 0.25) is 0 Å². The Labute approximate surface area is 229 Å². The number of aromatic nitrogens is 4. The quantitative estimate of drug-likeness (QED) is 0.185. The summed E-state index contributed by atoms with van der Waals surface area (Å²) in [5.41, 5.74) is 8.37. The predicted molar refractivity (Wildman–Crippen MR) is 156 cm³/mol. The monoisotopic (exact) mass is 524 g/mol. The van der Waals surface area contributed by atoms with Gasteiger partial charge in [0.1, 0.15) is 11.6 Å². The summed E-state index contributed by atoms with van der Waals surface area (Å²) in [6, 6.07) is 34.9. The summed E-state index contributed by atoms with van der Waals surface area (Å²) in [6.07, 6.45) is 0. The van der Waals surface area contributed by atoms with E-state index in [1.807, 2.05) is 96.5 Å². The molecule has 1 aliphatic heterocycles. The Morgan fingerprint density at radius 1 is 0.850 bits per heavy atom. The molecule has 0 saturated carbocycles. The summed E-state index contributed by atoms with van der Waals surface area (Å²) in [6.45, 7) is 2.00. The topological polar surface area (TPSA) is 102 Å². The molecule has 4 aromatic carbocycles. The molecular weight excluding hydrogens is 500 g/mol. The van der Waals surface area contributed by atoms with Crippen LogP contribution in [0, 0.1) is 17.0 Å². The minimum absolute atomic E-state index is 0.0483. The second-order valence-electron chi connectivity index (χ2n) is 9.76. The van der Waals surface area contributed by atoms with Crippen molar-refractivity contribution in [1.29, 1.82) is 0 Å². The van der Waals surface area contributed by atoms with Crippen LogP contribution >= 0.6 is 0 Å². The maximum Gasteiger partial charge on any atom is 0.269 e. The van der Waals surface area contributed by atoms with E-state index in [1.165, 1.54) is 0 Å². The molecule has 1 unspecified atom stereocenters. The lowest BCUT2D eigenvalue weighted by Crippen LogP contribution is -2.20. The van der Waals surface area contributed by atoms with Gasteiger partial charge in [-0.1, -0.05) is 72.8 Å². The van der Waals surface area contributed by atoms with Crippen molar-refractivity contribution in [2.75, 3.05) is 5.32 Å². The number of para-hydroxylation sites is 3. The average Bonchev–Trinajstić information content (AvgIpc) is 3.58. The Bertz CT molecular complexity index is 1870. The minimum Gasteiger partial charge on any atom is -0.339 e. The van der Waals surface area contributed by atoms with Crippen molar-refractivity contribution in [2.24, 2.45) is 0 Å². The van der Waals surface area contributed by atoms with Gasteiger partial charge in [0, 0.05) is 29.2 Å². The molecule has 0 spiro atoms. The zero-order valence-corrected chi connectivity index (χ0v) is 21.6. The molecule has 1 atom stereocenters. The third-order valence-electron chi connectivity index (χ3n) is 7.34. The average molecular weight is 525 g/mol. The summed E-state index contributed by atoms with van der Waals surface area (Å²) >= 11 is 0. The van der Waals surface area contributed by atoms with E-state index in [1.54, 1.807) is 12.1 Å². The Hall–Kier alpha value is -5.50. The van der Waals surface area contributed by atoms with Gasteiger partial charge in [0.15, 0.2) is 0 Å². The van der Waals surface area contributed by atoms with Crippen LogP contribution in [0.4, 0.5) is 11.5 Å². The van der Waals surface area contributed by atoms with Crippen molar-refractivity contribution in [1.82, 2.24) is 19.7 Å². The number of aromatic amines is 1. The highest BCUT2D eigenvalue weighted by molar-refractivity contribution is 6.02. The van der Waals surface area contributed by atoms with Crippen LogP contribution < -0.4 is 5.32 Å². The minimum atomic E-state index is -0.373. The van der Waals surface area contributed by atoms with Crippen LogP contribution in [0.2, 0.25) is 0 Å². The van der Waals surface area contributed by atoms with Crippen LogP contribution in [0.15, 0.2) is 109 Å². The Kier molecular flexibility index (Phi) is 5.52. The van der Waals surface area contributed by atoms with Gasteiger partial charge in [-0.2, -0.15) is 5.10 Å². The molecule has 40 heavy (non-hydrogen) atoms. The molecule has 0 bridgehead atoms. The SMILES string of the molecule is Cc1nn(-c2ccccc2)c2c1C(c1ccc([N+](=O)[O-])cc1)C(c1nc3ccccc3[nH]1)=C(c1ccccc1)N2. The molecule has 0 saturated heterocycles. The first kappa shape index (κ1) is 23.6. The molecule has 0 fully saturated rings. The van der Waals surface area contributed by atoms with Crippen LogP contribution in [0.3, 0.4) is 0 Å². The molecule has 0 radical (unpaired) electrons. The van der Waals surface area contributed by atoms with Gasteiger partial charge in [-0.25, -0.2) is 9.67 Å². The van der Waals surface area contributed by atoms with Crippen LogP contribution in [0.5, 0.6) is 0 Å². The van der Waals surface area contributed by atoms with E-state index in [-0.39, 0.29) is 16.5 Å². The third kappa shape index (κ3) is 3.85. The number of nitrogens with one attached hydrogen (secondary N) is 2. The zero-order chi connectivity index (χ0) is 27.2. The van der Waals surface area contributed by atoms with E-state index < -0.39 is 0 Å². The van der Waals surface area contributed by atoms with Gasteiger partial charge in [0.25, 0.3) is 5.69 Å². The highest BCUT2D eigenvalue weighted by Gasteiger charge is 2.37. The number of nitrogens with zero attached hydrogens (tertiary/aromatic N) is 4. The van der Waals surface area contributed by atoms with E-state index in [4.69, 9.17) is 10.1 Å². The number of benzene rings is 4. The number of allylic oxidation sites excluding steroid dienone is 1. The number of non-ortho nitro benzene ring substituents is 1. The highest BCUT2D eigenvalue weighted by atomic mass is 16.6. The van der Waals surface area contributed by atoms with Crippen molar-refractivity contribution in [3.05, 3.63) is 148 Å². The van der Waals surface area contributed by atoms with Crippen LogP contribution in [0.1, 0.15) is 34.1 Å². The Morgan fingerprint density at radius 3 is 2.23 bits per heavy atom. The largest absolute Gasteiger partial charge is 0.339 e. The van der Waals surface area contributed by atoms with Gasteiger partial charge in [-0.05, 0) is 42.3 Å². The van der Waals surface area contributed by atoms with Crippen molar-refractivity contribution in [3.63, 3.8) is 0 Å². The standard InChI is InChI=1S/C32H24N6O2/c1-20-27-28(21-16-18-24(19-17-21)38(39)40)29(31-33-25-14-8-9-15-26(25)34-31)30(22-10-4-2-5-11-22)35-32(27)37(36-20)23-12-6-3-7-13-23/h2-19,28,35H,1H3,(H,33,34). The van der Waals surface area contributed by atoms with Gasteiger partial charge in [-0.3, -0.25) is 10.1 Å². The molecule has 3 heterocycles. The van der Waals surface area contributed by atoms with E-state index in [2.05, 4.69) is 22.4 Å². The van der Waals surface area contributed by atoms with Crippen LogP contribution in [-0.2, 0) is 0 Å². The Balaban J connectivity index is 1.55. The van der Waals surface area contributed by atoms with Crippen molar-refractivity contribution >= 4 is 33.8 Å². The normalized spacial score (nSPS) is 14.7. The predicted octanol–water partition coefficient (Wildman–Crippen LogP) is 7.09. The number of imidazole rings is 1.